The van der Waals surface area contributed by atoms with Crippen LogP contribution in [0.3, 0.4) is 0 Å². The van der Waals surface area contributed by atoms with Crippen LogP contribution in [0, 0.1) is 0 Å². The van der Waals surface area contributed by atoms with Crippen molar-refractivity contribution >= 4 is 23.9 Å². The fourth-order valence-corrected chi connectivity index (χ4v) is 0.490. The molecule has 19 heavy (non-hydrogen) atoms. The standard InChI is InChI=1S/C6H8O4.C5H6O4/c1-2-6(9)10-4-3-5(7)8;1-2-5(8)9-3-4(6)7/h2H,1,3-4H2,(H,7,8);2H,1,3H2,(H,6,7). The Morgan fingerprint density at radius 1 is 0.895 bits per heavy atom. The van der Waals surface area contributed by atoms with E-state index >= 15 is 0 Å². The van der Waals surface area contributed by atoms with Crippen molar-refractivity contribution in [2.45, 2.75) is 6.42 Å². The topological polar surface area (TPSA) is 127 Å². The Bertz CT molecular complexity index is 358. The third kappa shape index (κ3) is 17.9. The van der Waals surface area contributed by atoms with Crippen LogP contribution < -0.4 is 0 Å². The summed E-state index contributed by atoms with van der Waals surface area (Å²) in [6.07, 6.45) is 1.73. The van der Waals surface area contributed by atoms with E-state index in [4.69, 9.17) is 10.2 Å². The summed E-state index contributed by atoms with van der Waals surface area (Å²) in [7, 11) is 0. The lowest BCUT2D eigenvalue weighted by atomic mass is 10.5. The Morgan fingerprint density at radius 3 is 1.74 bits per heavy atom. The van der Waals surface area contributed by atoms with Gasteiger partial charge in [0, 0.05) is 12.2 Å². The SMILES string of the molecule is C=CC(=O)OCC(=O)O.C=CC(=O)OCCC(=O)O. The van der Waals surface area contributed by atoms with Gasteiger partial charge in [-0.15, -0.1) is 0 Å². The predicted molar refractivity (Wildman–Crippen MR) is 62.2 cm³/mol. The molecule has 0 unspecified atom stereocenters. The molecule has 106 valence electrons. The number of carboxylic acid groups (broad SMARTS) is 2. The van der Waals surface area contributed by atoms with E-state index in [1.54, 1.807) is 0 Å². The monoisotopic (exact) mass is 274 g/mol. The second-order valence-electron chi connectivity index (χ2n) is 2.72. The highest BCUT2D eigenvalue weighted by Gasteiger charge is 1.99. The number of hydrogen-bond donors (Lipinski definition) is 2. The first-order chi connectivity index (χ1) is 8.83. The highest BCUT2D eigenvalue weighted by Crippen LogP contribution is 1.83. The van der Waals surface area contributed by atoms with Gasteiger partial charge in [0.15, 0.2) is 6.61 Å². The number of carbonyl (C=O) groups is 4. The molecule has 0 bridgehead atoms. The van der Waals surface area contributed by atoms with Crippen LogP contribution >= 0.6 is 0 Å². The van der Waals surface area contributed by atoms with Crippen molar-refractivity contribution < 1.29 is 38.9 Å². The summed E-state index contributed by atoms with van der Waals surface area (Å²) in [5, 5.41) is 16.0. The smallest absolute Gasteiger partial charge is 0.341 e. The molecular weight excluding hydrogens is 260 g/mol. The van der Waals surface area contributed by atoms with E-state index in [0.29, 0.717) is 0 Å². The molecule has 0 atom stereocenters. The van der Waals surface area contributed by atoms with E-state index in [0.717, 1.165) is 12.2 Å². The zero-order valence-electron chi connectivity index (χ0n) is 10.0. The zero-order valence-corrected chi connectivity index (χ0v) is 10.0. The minimum absolute atomic E-state index is 0.0970. The molecule has 0 rings (SSSR count). The number of aliphatic carboxylic acids is 2. The largest absolute Gasteiger partial charge is 0.481 e. The molecule has 0 aliphatic carbocycles. The summed E-state index contributed by atoms with van der Waals surface area (Å²) in [5.41, 5.74) is 0. The molecule has 0 aliphatic heterocycles. The Morgan fingerprint density at radius 2 is 1.37 bits per heavy atom. The van der Waals surface area contributed by atoms with Gasteiger partial charge in [0.1, 0.15) is 6.61 Å². The number of carbonyl (C=O) groups excluding carboxylic acids is 2. The van der Waals surface area contributed by atoms with Gasteiger partial charge >= 0.3 is 23.9 Å². The van der Waals surface area contributed by atoms with Gasteiger partial charge in [0.25, 0.3) is 0 Å². The average Bonchev–Trinajstić information content (AvgIpc) is 2.35. The van der Waals surface area contributed by atoms with E-state index in [2.05, 4.69) is 22.6 Å². The molecule has 2 N–H and O–H groups in total. The maximum atomic E-state index is 10.3. The second kappa shape index (κ2) is 11.8. The molecule has 0 radical (unpaired) electrons. The highest BCUT2D eigenvalue weighted by molar-refractivity contribution is 5.83. The van der Waals surface area contributed by atoms with E-state index in [1.807, 2.05) is 0 Å². The number of ether oxygens (including phenoxy) is 2. The first kappa shape index (κ1) is 18.7. The Balaban J connectivity index is 0. The lowest BCUT2D eigenvalue weighted by Gasteiger charge is -1.96. The first-order valence-electron chi connectivity index (χ1n) is 4.85. The van der Waals surface area contributed by atoms with Gasteiger partial charge in [-0.05, 0) is 0 Å². The second-order valence-corrected chi connectivity index (χ2v) is 2.72. The molecule has 0 heterocycles. The van der Waals surface area contributed by atoms with Crippen LogP contribution in [0.4, 0.5) is 0 Å². The Hall–Kier alpha value is -2.64. The van der Waals surface area contributed by atoms with Gasteiger partial charge in [0.05, 0.1) is 6.42 Å². The molecule has 0 amide bonds. The quantitative estimate of drug-likeness (QED) is 0.490. The third-order valence-corrected chi connectivity index (χ3v) is 1.23. The van der Waals surface area contributed by atoms with Gasteiger partial charge < -0.3 is 19.7 Å². The van der Waals surface area contributed by atoms with Crippen molar-refractivity contribution in [3.8, 4) is 0 Å². The maximum Gasteiger partial charge on any atom is 0.341 e. The van der Waals surface area contributed by atoms with Crippen molar-refractivity contribution in [1.29, 1.82) is 0 Å². The molecule has 8 nitrogen and oxygen atoms in total. The van der Waals surface area contributed by atoms with Crippen molar-refractivity contribution in [3.63, 3.8) is 0 Å². The number of hydrogen-bond acceptors (Lipinski definition) is 6. The number of rotatable bonds is 7. The lowest BCUT2D eigenvalue weighted by Crippen LogP contribution is -2.10. The Labute approximate surface area is 108 Å². The van der Waals surface area contributed by atoms with Crippen molar-refractivity contribution in [1.82, 2.24) is 0 Å². The van der Waals surface area contributed by atoms with Crippen LogP contribution in [0.2, 0.25) is 0 Å². The van der Waals surface area contributed by atoms with Crippen molar-refractivity contribution in [2.75, 3.05) is 13.2 Å². The summed E-state index contributed by atoms with van der Waals surface area (Å²) in [6.45, 7) is 5.50. The fraction of sp³-hybridized carbons (Fsp3) is 0.273. The molecule has 0 fully saturated rings. The van der Waals surface area contributed by atoms with E-state index in [1.165, 1.54) is 0 Å². The zero-order chi connectivity index (χ0) is 15.3. The average molecular weight is 274 g/mol. The van der Waals surface area contributed by atoms with Gasteiger partial charge in [-0.1, -0.05) is 13.2 Å². The molecule has 0 saturated carbocycles. The minimum atomic E-state index is -1.18. The van der Waals surface area contributed by atoms with Crippen LogP contribution in [0.15, 0.2) is 25.3 Å². The molecule has 0 aromatic heterocycles. The molecule has 0 aromatic rings. The van der Waals surface area contributed by atoms with Gasteiger partial charge in [-0.3, -0.25) is 4.79 Å². The normalized spacial score (nSPS) is 8.21. The van der Waals surface area contributed by atoms with E-state index < -0.39 is 30.5 Å². The van der Waals surface area contributed by atoms with Crippen LogP contribution in [-0.2, 0) is 28.7 Å². The van der Waals surface area contributed by atoms with Crippen molar-refractivity contribution in [2.24, 2.45) is 0 Å². The van der Waals surface area contributed by atoms with Crippen LogP contribution in [0.1, 0.15) is 6.42 Å². The maximum absolute atomic E-state index is 10.3. The molecule has 8 heteroatoms. The summed E-state index contributed by atoms with van der Waals surface area (Å²) in [4.78, 5) is 39.9. The van der Waals surface area contributed by atoms with E-state index in [-0.39, 0.29) is 13.0 Å². The number of esters is 2. The molecule has 0 spiro atoms. The van der Waals surface area contributed by atoms with Crippen LogP contribution in [0.5, 0.6) is 0 Å². The van der Waals surface area contributed by atoms with Gasteiger partial charge in [-0.25, -0.2) is 14.4 Å². The summed E-state index contributed by atoms with van der Waals surface area (Å²) >= 11 is 0. The summed E-state index contributed by atoms with van der Waals surface area (Å²) in [5.74, 6) is -3.49. The first-order valence-corrected chi connectivity index (χ1v) is 4.85. The highest BCUT2D eigenvalue weighted by atomic mass is 16.5. The van der Waals surface area contributed by atoms with Crippen molar-refractivity contribution in [3.05, 3.63) is 25.3 Å². The Kier molecular flexibility index (Phi) is 11.7. The predicted octanol–water partition coefficient (Wildman–Crippen LogP) is -0.00950. The molecule has 0 aromatic carbocycles. The van der Waals surface area contributed by atoms with Crippen LogP contribution in [0.25, 0.3) is 0 Å². The van der Waals surface area contributed by atoms with Gasteiger partial charge in [0.2, 0.25) is 0 Å². The van der Waals surface area contributed by atoms with Gasteiger partial charge in [-0.2, -0.15) is 0 Å². The molecular formula is C11H14O8. The molecule has 0 saturated heterocycles. The number of carboxylic acids is 2. The third-order valence-electron chi connectivity index (χ3n) is 1.23. The van der Waals surface area contributed by atoms with Crippen LogP contribution in [-0.4, -0.2) is 47.3 Å². The van der Waals surface area contributed by atoms with E-state index in [9.17, 15) is 19.2 Å². The minimum Gasteiger partial charge on any atom is -0.481 e. The molecule has 0 aliphatic rings. The summed E-state index contributed by atoms with van der Waals surface area (Å²) < 4.78 is 8.46. The lowest BCUT2D eigenvalue weighted by molar-refractivity contribution is -0.151. The summed E-state index contributed by atoms with van der Waals surface area (Å²) in [6, 6.07) is 0. The fourth-order valence-electron chi connectivity index (χ4n) is 0.490.